The maximum absolute atomic E-state index is 13.5. The first-order valence-corrected chi connectivity index (χ1v) is 18.4. The highest BCUT2D eigenvalue weighted by Crippen LogP contribution is 2.41. The fraction of sp³-hybridized carbons (Fsp3) is 0.676. The molecule has 4 heterocycles. The molecule has 8 nitrogen and oxygen atoms in total. The fourth-order valence-electron chi connectivity index (χ4n) is 6.50. The van der Waals surface area contributed by atoms with E-state index in [0.717, 1.165) is 28.3 Å². The summed E-state index contributed by atoms with van der Waals surface area (Å²) in [5, 5.41) is 14.7. The van der Waals surface area contributed by atoms with Gasteiger partial charge in [0.25, 0.3) is 5.78 Å². The van der Waals surface area contributed by atoms with Crippen molar-refractivity contribution < 1.29 is 35.1 Å². The molecule has 3 aliphatic rings. The molecule has 53 heavy (non-hydrogen) atoms. The fourth-order valence-corrected chi connectivity index (χ4v) is 6.50. The molecule has 3 aromatic heterocycles. The first-order chi connectivity index (χ1) is 24.9. The summed E-state index contributed by atoms with van der Waals surface area (Å²) in [6, 6.07) is 1.43. The zero-order chi connectivity index (χ0) is 39.8. The maximum Gasteiger partial charge on any atom is 0.408 e. The number of rotatable bonds is 6. The number of imidazole rings is 1. The summed E-state index contributed by atoms with van der Waals surface area (Å²) in [7, 11) is 1.88. The molecule has 300 valence electrons. The molecular weight excluding hydrogens is 708 g/mol. The Bertz CT molecular complexity index is 1500. The van der Waals surface area contributed by atoms with Crippen molar-refractivity contribution in [1.29, 1.82) is 0 Å². The number of nitrogens with zero attached hydrogens (tertiary/aromatic N) is 6. The van der Waals surface area contributed by atoms with Crippen molar-refractivity contribution in [2.24, 2.45) is 5.92 Å². The minimum absolute atomic E-state index is 0.0370. The van der Waals surface area contributed by atoms with Crippen molar-refractivity contribution in [3.05, 3.63) is 60.1 Å². The van der Waals surface area contributed by atoms with Crippen molar-refractivity contribution in [2.75, 3.05) is 13.6 Å². The molecule has 1 unspecified atom stereocenters. The van der Waals surface area contributed by atoms with Gasteiger partial charge in [0.1, 0.15) is 6.54 Å². The molecule has 2 N–H and O–H groups in total. The summed E-state index contributed by atoms with van der Waals surface area (Å²) >= 11 is 0. The number of hydrogen-bond acceptors (Lipinski definition) is 6. The molecule has 16 heteroatoms. The number of aryl methyl sites for hydroxylation is 1. The van der Waals surface area contributed by atoms with Crippen LogP contribution in [0.3, 0.4) is 0 Å². The van der Waals surface area contributed by atoms with Crippen LogP contribution in [-0.2, 0) is 6.54 Å². The molecule has 0 bridgehead atoms. The Labute approximate surface area is 307 Å². The molecule has 1 aliphatic heterocycles. The van der Waals surface area contributed by atoms with E-state index in [2.05, 4.69) is 28.9 Å². The van der Waals surface area contributed by atoms with E-state index in [4.69, 9.17) is 15.1 Å². The van der Waals surface area contributed by atoms with Crippen LogP contribution in [0.15, 0.2) is 37.3 Å². The lowest BCUT2D eigenvalue weighted by molar-refractivity contribution is -0.142. The molecular formula is C37H56F8N8. The number of halogens is 8. The Hall–Kier alpha value is -3.56. The van der Waals surface area contributed by atoms with Crippen molar-refractivity contribution in [1.82, 2.24) is 40.0 Å². The van der Waals surface area contributed by atoms with E-state index >= 15 is 0 Å². The van der Waals surface area contributed by atoms with E-state index in [-0.39, 0.29) is 31.7 Å². The highest BCUT2D eigenvalue weighted by Gasteiger charge is 2.38. The number of nitrogens with one attached hydrogen (secondary N) is 2. The van der Waals surface area contributed by atoms with Gasteiger partial charge in [-0.3, -0.25) is 4.68 Å². The summed E-state index contributed by atoms with van der Waals surface area (Å²) in [5.41, 5.74) is 4.49. The van der Waals surface area contributed by atoms with Crippen LogP contribution < -0.4 is 10.6 Å². The van der Waals surface area contributed by atoms with Gasteiger partial charge in [0.15, 0.2) is 0 Å². The minimum atomic E-state index is -4.23. The van der Waals surface area contributed by atoms with Crippen LogP contribution in [0.25, 0.3) is 11.9 Å². The first-order valence-electron chi connectivity index (χ1n) is 18.4. The number of alkyl halides is 8. The second-order valence-electron chi connectivity index (χ2n) is 13.3. The third-order valence-electron chi connectivity index (χ3n) is 8.96. The molecule has 3 aromatic rings. The van der Waals surface area contributed by atoms with Crippen molar-refractivity contribution in [3.63, 3.8) is 0 Å². The van der Waals surface area contributed by atoms with Crippen LogP contribution in [0, 0.1) is 12.8 Å². The van der Waals surface area contributed by atoms with Crippen LogP contribution in [0.4, 0.5) is 35.1 Å². The largest absolute Gasteiger partial charge is 0.408 e. The van der Waals surface area contributed by atoms with Gasteiger partial charge in [-0.25, -0.2) is 23.3 Å². The number of aromatic nitrogens is 6. The van der Waals surface area contributed by atoms with Crippen molar-refractivity contribution in [3.8, 4) is 0 Å². The summed E-state index contributed by atoms with van der Waals surface area (Å²) in [6.45, 7) is 13.4. The zero-order valence-corrected chi connectivity index (χ0v) is 31.6. The Balaban J connectivity index is 0.000000306. The summed E-state index contributed by atoms with van der Waals surface area (Å²) in [6.07, 6.45) is 7.26. The average Bonchev–Trinajstić information content (AvgIpc) is 3.72. The van der Waals surface area contributed by atoms with Gasteiger partial charge < -0.3 is 10.6 Å². The molecule has 2 aliphatic carbocycles. The van der Waals surface area contributed by atoms with E-state index in [1.54, 1.807) is 4.52 Å². The minimum Gasteiger partial charge on any atom is -0.389 e. The molecule has 1 saturated heterocycles. The van der Waals surface area contributed by atoms with Gasteiger partial charge in [-0.2, -0.15) is 36.5 Å². The molecule has 6 rings (SSSR count). The van der Waals surface area contributed by atoms with Crippen molar-refractivity contribution >= 4 is 11.9 Å². The van der Waals surface area contributed by atoms with Crippen molar-refractivity contribution in [2.45, 2.75) is 142 Å². The molecule has 0 radical (unpaired) electrons. The van der Waals surface area contributed by atoms with E-state index in [1.165, 1.54) is 75.4 Å². The van der Waals surface area contributed by atoms with Gasteiger partial charge in [-0.05, 0) is 77.0 Å². The van der Waals surface area contributed by atoms with Gasteiger partial charge >= 0.3 is 12.4 Å². The smallest absolute Gasteiger partial charge is 0.389 e. The summed E-state index contributed by atoms with van der Waals surface area (Å²) in [4.78, 5) is 9.58. The van der Waals surface area contributed by atoms with Crippen LogP contribution in [-0.4, -0.2) is 61.2 Å². The lowest BCUT2D eigenvalue weighted by Crippen LogP contribution is -2.32. The second kappa shape index (κ2) is 21.4. The van der Waals surface area contributed by atoms with Gasteiger partial charge in [0.05, 0.1) is 35.0 Å². The number of piperidine rings is 1. The normalized spacial score (nSPS) is 18.4. The van der Waals surface area contributed by atoms with Crippen LogP contribution in [0.5, 0.6) is 0 Å². The van der Waals surface area contributed by atoms with Crippen LogP contribution in [0.2, 0.25) is 0 Å². The SMILES string of the molecule is C=C1CCCCN1.C=Cc1ccnn1CC(F)(F)F.CC.CC(F)(F)F.CNC(c1cn2nc(C)c(C3CCCCC3)nc2n1)C1CCC(F)(F)CC1. The third-order valence-corrected chi connectivity index (χ3v) is 8.96. The van der Waals surface area contributed by atoms with Gasteiger partial charge in [-0.1, -0.05) is 46.3 Å². The number of fused-ring (bicyclic) bond motifs is 1. The van der Waals surface area contributed by atoms with E-state index in [9.17, 15) is 35.1 Å². The van der Waals surface area contributed by atoms with Gasteiger partial charge in [0, 0.05) is 44.1 Å². The Morgan fingerprint density at radius 3 is 2.11 bits per heavy atom. The van der Waals surface area contributed by atoms with Crippen LogP contribution >= 0.6 is 0 Å². The lowest BCUT2D eigenvalue weighted by atomic mass is 9.81. The predicted octanol–water partition coefficient (Wildman–Crippen LogP) is 10.5. The predicted molar refractivity (Wildman–Crippen MR) is 192 cm³/mol. The average molecular weight is 765 g/mol. The Morgan fingerprint density at radius 1 is 1.00 bits per heavy atom. The maximum atomic E-state index is 13.5. The summed E-state index contributed by atoms with van der Waals surface area (Å²) < 4.78 is 96.2. The second-order valence-corrected chi connectivity index (χ2v) is 13.3. The summed E-state index contributed by atoms with van der Waals surface area (Å²) in [5.74, 6) is -1.24. The standard InChI is InChI=1S/C20H29F2N5.C7H7F3N2.C6H11N.C2H3F3.C2H6/c1-13-17(14-6-4-3-5-7-14)25-19-24-16(12-27(19)26-13)18(23-2)15-8-10-20(21,22)11-9-15;1-2-6-3-4-11-12(6)5-7(8,9)10;1-6-4-2-3-5-7-6;1-2(3,4)5;1-2/h12,14-15,18,23H,3-11H2,1-2H3;2-4H,1,5H2;7H,1-5H2;1H3;1-2H3. The monoisotopic (exact) mass is 764 g/mol. The topological polar surface area (TPSA) is 85.0 Å². The molecule has 0 spiro atoms. The lowest BCUT2D eigenvalue weighted by Gasteiger charge is -2.32. The molecule has 3 fully saturated rings. The molecule has 0 amide bonds. The quantitative estimate of drug-likeness (QED) is 0.243. The van der Waals surface area contributed by atoms with E-state index in [1.807, 2.05) is 34.0 Å². The highest BCUT2D eigenvalue weighted by molar-refractivity contribution is 5.40. The van der Waals surface area contributed by atoms with Gasteiger partial charge in [-0.15, -0.1) is 0 Å². The molecule has 2 saturated carbocycles. The third kappa shape index (κ3) is 16.6. The Morgan fingerprint density at radius 2 is 1.62 bits per heavy atom. The van der Waals surface area contributed by atoms with E-state index < -0.39 is 24.8 Å². The highest BCUT2D eigenvalue weighted by atomic mass is 19.4. The van der Waals surface area contributed by atoms with Crippen LogP contribution in [0.1, 0.15) is 133 Å². The zero-order valence-electron chi connectivity index (χ0n) is 31.6. The molecule has 0 aromatic carbocycles. The van der Waals surface area contributed by atoms with Gasteiger partial charge in [0.2, 0.25) is 5.92 Å². The Kier molecular flexibility index (Phi) is 18.4. The number of allylic oxidation sites excluding steroid dienone is 1. The van der Waals surface area contributed by atoms with E-state index in [0.29, 0.717) is 30.2 Å². The first kappa shape index (κ1) is 45.6. The number of hydrogen-bond donors (Lipinski definition) is 2. The molecule has 1 atom stereocenters.